The number of carbonyl (C=O) groups excluding carboxylic acids is 2. The van der Waals surface area contributed by atoms with Gasteiger partial charge in [0.1, 0.15) is 5.75 Å². The van der Waals surface area contributed by atoms with Crippen molar-refractivity contribution in [2.24, 2.45) is 5.92 Å². The molecule has 0 aliphatic carbocycles. The first-order valence-electron chi connectivity index (χ1n) is 5.23. The number of hydrogen-bond acceptors (Lipinski definition) is 3. The summed E-state index contributed by atoms with van der Waals surface area (Å²) >= 11 is 0. The van der Waals surface area contributed by atoms with Crippen LogP contribution in [0.25, 0.3) is 0 Å². The summed E-state index contributed by atoms with van der Waals surface area (Å²) in [5, 5.41) is 2.75. The van der Waals surface area contributed by atoms with Crippen LogP contribution in [-0.4, -0.2) is 25.3 Å². The van der Waals surface area contributed by atoms with E-state index in [2.05, 4.69) is 5.32 Å². The number of carbonyl (C=O) groups is 2. The molecule has 0 radical (unpaired) electrons. The van der Waals surface area contributed by atoms with E-state index in [4.69, 9.17) is 4.74 Å². The third-order valence-electron chi connectivity index (χ3n) is 2.58. The number of amides is 1. The van der Waals surface area contributed by atoms with Gasteiger partial charge in [-0.15, -0.1) is 0 Å². The Balaban J connectivity index is 1.94. The molecule has 4 nitrogen and oxygen atoms in total. The number of hydrogen-bond donors (Lipinski definition) is 1. The van der Waals surface area contributed by atoms with Crippen molar-refractivity contribution in [1.29, 1.82) is 0 Å². The third kappa shape index (κ3) is 2.39. The van der Waals surface area contributed by atoms with Crippen LogP contribution in [-0.2, 0) is 4.79 Å². The first-order valence-corrected chi connectivity index (χ1v) is 5.23. The molecular weight excluding hydrogens is 206 g/mol. The Morgan fingerprint density at radius 2 is 2.25 bits per heavy atom. The highest BCUT2D eigenvalue weighted by Crippen LogP contribution is 2.18. The predicted molar refractivity (Wildman–Crippen MR) is 58.4 cm³/mol. The summed E-state index contributed by atoms with van der Waals surface area (Å²) in [7, 11) is 0. The fraction of sp³-hybridized carbons (Fsp3) is 0.333. The Morgan fingerprint density at radius 1 is 1.44 bits per heavy atom. The van der Waals surface area contributed by atoms with E-state index in [0.29, 0.717) is 30.9 Å². The molecule has 1 saturated heterocycles. The van der Waals surface area contributed by atoms with Crippen LogP contribution in [0.5, 0.6) is 5.75 Å². The van der Waals surface area contributed by atoms with Crippen molar-refractivity contribution in [2.45, 2.75) is 6.42 Å². The van der Waals surface area contributed by atoms with Crippen LogP contribution in [0.2, 0.25) is 0 Å². The molecule has 16 heavy (non-hydrogen) atoms. The molecule has 0 bridgehead atoms. The summed E-state index contributed by atoms with van der Waals surface area (Å²) in [4.78, 5) is 21.7. The van der Waals surface area contributed by atoms with Crippen LogP contribution in [0.4, 0.5) is 0 Å². The SMILES string of the molecule is O=Cc1ccccc1OCC1CNC(=O)C1. The highest BCUT2D eigenvalue weighted by Gasteiger charge is 2.22. The van der Waals surface area contributed by atoms with Gasteiger partial charge in [-0.2, -0.15) is 0 Å². The Labute approximate surface area is 93.6 Å². The lowest BCUT2D eigenvalue weighted by Gasteiger charge is -2.11. The standard InChI is InChI=1S/C12H13NO3/c14-7-10-3-1-2-4-11(10)16-8-9-5-12(15)13-6-9/h1-4,7,9H,5-6,8H2,(H,13,15). The average Bonchev–Trinajstić information content (AvgIpc) is 2.73. The highest BCUT2D eigenvalue weighted by molar-refractivity contribution is 5.79. The lowest BCUT2D eigenvalue weighted by atomic mass is 10.1. The van der Waals surface area contributed by atoms with Gasteiger partial charge in [0, 0.05) is 18.9 Å². The second-order valence-corrected chi connectivity index (χ2v) is 3.84. The molecule has 1 aromatic carbocycles. The molecular formula is C12H13NO3. The molecule has 4 heteroatoms. The van der Waals surface area contributed by atoms with Crippen LogP contribution < -0.4 is 10.1 Å². The van der Waals surface area contributed by atoms with Crippen LogP contribution in [0.15, 0.2) is 24.3 Å². The lowest BCUT2D eigenvalue weighted by Crippen LogP contribution is -2.17. The fourth-order valence-electron chi connectivity index (χ4n) is 1.70. The van der Waals surface area contributed by atoms with E-state index in [1.54, 1.807) is 18.2 Å². The molecule has 0 spiro atoms. The molecule has 1 atom stereocenters. The summed E-state index contributed by atoms with van der Waals surface area (Å²) < 4.78 is 5.54. The average molecular weight is 219 g/mol. The van der Waals surface area contributed by atoms with Crippen molar-refractivity contribution in [3.63, 3.8) is 0 Å². The number of aldehydes is 1. The minimum atomic E-state index is 0.0669. The molecule has 1 aliphatic rings. The van der Waals surface area contributed by atoms with E-state index >= 15 is 0 Å². The van der Waals surface area contributed by atoms with Crippen LogP contribution in [0.1, 0.15) is 16.8 Å². The minimum absolute atomic E-state index is 0.0669. The Morgan fingerprint density at radius 3 is 2.94 bits per heavy atom. The Bertz CT molecular complexity index is 403. The third-order valence-corrected chi connectivity index (χ3v) is 2.58. The van der Waals surface area contributed by atoms with Gasteiger partial charge < -0.3 is 10.1 Å². The summed E-state index contributed by atoms with van der Waals surface area (Å²) in [6.07, 6.45) is 1.27. The monoisotopic (exact) mass is 219 g/mol. The van der Waals surface area contributed by atoms with Gasteiger partial charge in [0.05, 0.1) is 12.2 Å². The molecule has 2 rings (SSSR count). The molecule has 0 saturated carbocycles. The van der Waals surface area contributed by atoms with E-state index in [-0.39, 0.29) is 11.8 Å². The molecule has 1 amide bonds. The maximum Gasteiger partial charge on any atom is 0.220 e. The van der Waals surface area contributed by atoms with Crippen LogP contribution in [0, 0.1) is 5.92 Å². The van der Waals surface area contributed by atoms with Crippen LogP contribution >= 0.6 is 0 Å². The smallest absolute Gasteiger partial charge is 0.220 e. The van der Waals surface area contributed by atoms with Gasteiger partial charge >= 0.3 is 0 Å². The van der Waals surface area contributed by atoms with E-state index in [1.807, 2.05) is 6.07 Å². The summed E-state index contributed by atoms with van der Waals surface area (Å²) in [5.74, 6) is 0.848. The number of rotatable bonds is 4. The molecule has 1 unspecified atom stereocenters. The van der Waals surface area contributed by atoms with Gasteiger partial charge in [0.2, 0.25) is 5.91 Å². The molecule has 1 aromatic rings. The Hall–Kier alpha value is -1.84. The topological polar surface area (TPSA) is 55.4 Å². The zero-order valence-corrected chi connectivity index (χ0v) is 8.81. The number of para-hydroxylation sites is 1. The molecule has 84 valence electrons. The molecule has 1 heterocycles. The van der Waals surface area contributed by atoms with E-state index < -0.39 is 0 Å². The molecule has 1 aliphatic heterocycles. The van der Waals surface area contributed by atoms with Crippen molar-refractivity contribution in [2.75, 3.05) is 13.2 Å². The van der Waals surface area contributed by atoms with Crippen molar-refractivity contribution in [3.05, 3.63) is 29.8 Å². The highest BCUT2D eigenvalue weighted by atomic mass is 16.5. The maximum atomic E-state index is 11.0. The van der Waals surface area contributed by atoms with E-state index in [0.717, 1.165) is 6.29 Å². The summed E-state index contributed by atoms with van der Waals surface area (Å²) in [6.45, 7) is 1.12. The predicted octanol–water partition coefficient (Wildman–Crippen LogP) is 1.01. The Kier molecular flexibility index (Phi) is 3.19. The lowest BCUT2D eigenvalue weighted by molar-refractivity contribution is -0.119. The number of benzene rings is 1. The zero-order valence-electron chi connectivity index (χ0n) is 8.81. The second-order valence-electron chi connectivity index (χ2n) is 3.84. The van der Waals surface area contributed by atoms with Gasteiger partial charge in [-0.3, -0.25) is 9.59 Å². The van der Waals surface area contributed by atoms with E-state index in [9.17, 15) is 9.59 Å². The maximum absolute atomic E-state index is 11.0. The first kappa shape index (κ1) is 10.7. The summed E-state index contributed by atoms with van der Waals surface area (Å²) in [5.41, 5.74) is 0.541. The van der Waals surface area contributed by atoms with Gasteiger partial charge in [0.15, 0.2) is 6.29 Å². The first-order chi connectivity index (χ1) is 7.79. The summed E-state index contributed by atoms with van der Waals surface area (Å²) in [6, 6.07) is 7.08. The van der Waals surface area contributed by atoms with Crippen molar-refractivity contribution >= 4 is 12.2 Å². The normalized spacial score (nSPS) is 19.2. The van der Waals surface area contributed by atoms with Crippen molar-refractivity contribution in [3.8, 4) is 5.75 Å². The molecule has 0 aromatic heterocycles. The van der Waals surface area contributed by atoms with Crippen molar-refractivity contribution < 1.29 is 14.3 Å². The van der Waals surface area contributed by atoms with Gasteiger partial charge in [-0.1, -0.05) is 12.1 Å². The number of ether oxygens (including phenoxy) is 1. The second kappa shape index (κ2) is 4.79. The van der Waals surface area contributed by atoms with Gasteiger partial charge in [0.25, 0.3) is 0 Å². The van der Waals surface area contributed by atoms with Gasteiger partial charge in [-0.25, -0.2) is 0 Å². The molecule has 1 fully saturated rings. The number of nitrogens with one attached hydrogen (secondary N) is 1. The minimum Gasteiger partial charge on any atom is -0.492 e. The van der Waals surface area contributed by atoms with E-state index in [1.165, 1.54) is 0 Å². The fourth-order valence-corrected chi connectivity index (χ4v) is 1.70. The zero-order chi connectivity index (χ0) is 11.4. The van der Waals surface area contributed by atoms with Crippen molar-refractivity contribution in [1.82, 2.24) is 5.32 Å². The largest absolute Gasteiger partial charge is 0.492 e. The quantitative estimate of drug-likeness (QED) is 0.769. The molecule has 1 N–H and O–H groups in total. The van der Waals surface area contributed by atoms with Gasteiger partial charge in [-0.05, 0) is 12.1 Å². The van der Waals surface area contributed by atoms with Crippen LogP contribution in [0.3, 0.4) is 0 Å².